The molecule has 1 aromatic carbocycles. The molecule has 4 nitrogen and oxygen atoms in total. The molecular weight excluding hydrogens is 400 g/mol. The van der Waals surface area contributed by atoms with E-state index in [-0.39, 0.29) is 18.2 Å². The predicted molar refractivity (Wildman–Crippen MR) is 88.8 cm³/mol. The summed E-state index contributed by atoms with van der Waals surface area (Å²) in [7, 11) is 0. The SMILES string of the molecule is FC(F)(F)c1nc(-c2ccc(Cl)cc2)n(Cc2ncc(Cl)cn2)c1Cl. The lowest BCUT2D eigenvalue weighted by atomic mass is 10.2. The molecule has 10 heteroatoms. The zero-order valence-corrected chi connectivity index (χ0v) is 14.5. The molecule has 3 aromatic rings. The maximum absolute atomic E-state index is 13.2. The van der Waals surface area contributed by atoms with Crippen LogP contribution >= 0.6 is 34.8 Å². The van der Waals surface area contributed by atoms with Crippen LogP contribution < -0.4 is 0 Å². The van der Waals surface area contributed by atoms with Crippen LogP contribution in [0.3, 0.4) is 0 Å². The van der Waals surface area contributed by atoms with E-state index in [1.54, 1.807) is 24.3 Å². The highest BCUT2D eigenvalue weighted by atomic mass is 35.5. The van der Waals surface area contributed by atoms with Crippen molar-refractivity contribution in [3.8, 4) is 11.4 Å². The maximum atomic E-state index is 13.2. The van der Waals surface area contributed by atoms with Crippen LogP contribution in [0.2, 0.25) is 15.2 Å². The summed E-state index contributed by atoms with van der Waals surface area (Å²) >= 11 is 17.5. The van der Waals surface area contributed by atoms with Crippen LogP contribution in [0.1, 0.15) is 11.5 Å². The summed E-state index contributed by atoms with van der Waals surface area (Å²) < 4.78 is 40.7. The lowest BCUT2D eigenvalue weighted by molar-refractivity contribution is -0.140. The fraction of sp³-hybridized carbons (Fsp3) is 0.133. The van der Waals surface area contributed by atoms with Crippen LogP contribution in [0.25, 0.3) is 11.4 Å². The molecule has 2 heterocycles. The summed E-state index contributed by atoms with van der Waals surface area (Å²) in [4.78, 5) is 11.6. The van der Waals surface area contributed by atoms with E-state index in [0.29, 0.717) is 15.6 Å². The number of alkyl halides is 3. The average Bonchev–Trinajstić information content (AvgIpc) is 2.87. The summed E-state index contributed by atoms with van der Waals surface area (Å²) in [6.45, 7) is -0.100. The Morgan fingerprint density at radius 2 is 1.52 bits per heavy atom. The second-order valence-electron chi connectivity index (χ2n) is 4.98. The molecule has 2 aromatic heterocycles. The minimum Gasteiger partial charge on any atom is -0.307 e. The summed E-state index contributed by atoms with van der Waals surface area (Å²) in [5.41, 5.74) is -0.746. The summed E-state index contributed by atoms with van der Waals surface area (Å²) in [5.74, 6) is 0.278. The number of imidazole rings is 1. The first kappa shape index (κ1) is 18.0. The topological polar surface area (TPSA) is 43.6 Å². The van der Waals surface area contributed by atoms with Gasteiger partial charge in [-0.1, -0.05) is 34.8 Å². The number of hydrogen-bond acceptors (Lipinski definition) is 3. The monoisotopic (exact) mass is 406 g/mol. The third kappa shape index (κ3) is 3.89. The number of aromatic nitrogens is 4. The van der Waals surface area contributed by atoms with E-state index in [4.69, 9.17) is 34.8 Å². The normalized spacial score (nSPS) is 11.8. The first-order chi connectivity index (χ1) is 11.8. The van der Waals surface area contributed by atoms with Gasteiger partial charge >= 0.3 is 6.18 Å². The van der Waals surface area contributed by atoms with Crippen molar-refractivity contribution < 1.29 is 13.2 Å². The number of hydrogen-bond donors (Lipinski definition) is 0. The van der Waals surface area contributed by atoms with Gasteiger partial charge in [-0.2, -0.15) is 13.2 Å². The molecule has 0 aliphatic rings. The van der Waals surface area contributed by atoms with Crippen LogP contribution in [-0.2, 0) is 12.7 Å². The van der Waals surface area contributed by atoms with E-state index in [1.807, 2.05) is 0 Å². The second-order valence-corrected chi connectivity index (χ2v) is 6.21. The largest absolute Gasteiger partial charge is 0.436 e. The van der Waals surface area contributed by atoms with Gasteiger partial charge in [0.15, 0.2) is 5.69 Å². The first-order valence-corrected chi connectivity index (χ1v) is 7.94. The predicted octanol–water partition coefficient (Wildman–Crippen LogP) is 5.37. The van der Waals surface area contributed by atoms with E-state index >= 15 is 0 Å². The molecule has 0 saturated heterocycles. The van der Waals surface area contributed by atoms with Gasteiger partial charge in [0, 0.05) is 23.0 Å². The molecule has 0 aliphatic carbocycles. The lowest BCUT2D eigenvalue weighted by Gasteiger charge is -2.09. The van der Waals surface area contributed by atoms with Crippen molar-refractivity contribution >= 4 is 34.8 Å². The van der Waals surface area contributed by atoms with Crippen LogP contribution in [0.4, 0.5) is 13.2 Å². The maximum Gasteiger partial charge on any atom is 0.436 e. The van der Waals surface area contributed by atoms with Crippen molar-refractivity contribution in [2.45, 2.75) is 12.7 Å². The Bertz CT molecular complexity index is 890. The Morgan fingerprint density at radius 3 is 2.08 bits per heavy atom. The smallest absolute Gasteiger partial charge is 0.307 e. The Morgan fingerprint density at radius 1 is 0.920 bits per heavy atom. The fourth-order valence-electron chi connectivity index (χ4n) is 2.14. The molecule has 0 unspecified atom stereocenters. The van der Waals surface area contributed by atoms with Gasteiger partial charge in [0.05, 0.1) is 11.6 Å². The number of nitrogens with zero attached hydrogens (tertiary/aromatic N) is 4. The van der Waals surface area contributed by atoms with E-state index in [9.17, 15) is 13.2 Å². The van der Waals surface area contributed by atoms with E-state index in [1.165, 1.54) is 17.0 Å². The quantitative estimate of drug-likeness (QED) is 0.586. The zero-order chi connectivity index (χ0) is 18.2. The van der Waals surface area contributed by atoms with Crippen LogP contribution in [0, 0.1) is 0 Å². The Kier molecular flexibility index (Phi) is 4.90. The average molecular weight is 408 g/mol. The number of benzene rings is 1. The highest BCUT2D eigenvalue weighted by molar-refractivity contribution is 6.31. The highest BCUT2D eigenvalue weighted by Crippen LogP contribution is 2.37. The number of halogens is 6. The Labute approximate surface area is 155 Å². The lowest BCUT2D eigenvalue weighted by Crippen LogP contribution is -2.08. The van der Waals surface area contributed by atoms with Crippen molar-refractivity contribution in [1.29, 1.82) is 0 Å². The molecule has 130 valence electrons. The van der Waals surface area contributed by atoms with Gasteiger partial charge in [-0.3, -0.25) is 0 Å². The van der Waals surface area contributed by atoms with Crippen molar-refractivity contribution in [1.82, 2.24) is 19.5 Å². The van der Waals surface area contributed by atoms with Gasteiger partial charge in [-0.25, -0.2) is 15.0 Å². The van der Waals surface area contributed by atoms with E-state index < -0.39 is 17.0 Å². The zero-order valence-electron chi connectivity index (χ0n) is 12.2. The van der Waals surface area contributed by atoms with Crippen LogP contribution in [0.15, 0.2) is 36.7 Å². The van der Waals surface area contributed by atoms with E-state index in [2.05, 4.69) is 15.0 Å². The molecule has 0 amide bonds. The number of rotatable bonds is 3. The standard InChI is InChI=1S/C15H8Cl3F3N4/c16-9-3-1-8(2-4-9)14-24-12(15(19,20)21)13(18)25(14)7-11-22-5-10(17)6-23-11/h1-6H,7H2. The van der Waals surface area contributed by atoms with Crippen molar-refractivity contribution in [3.05, 3.63) is 63.4 Å². The molecule has 0 bridgehead atoms. The second kappa shape index (κ2) is 6.82. The third-order valence-electron chi connectivity index (χ3n) is 3.25. The van der Waals surface area contributed by atoms with Crippen LogP contribution in [0.5, 0.6) is 0 Å². The minimum absolute atomic E-state index is 0.0348. The third-order valence-corrected chi connectivity index (χ3v) is 4.08. The molecule has 0 radical (unpaired) electrons. The molecule has 0 fully saturated rings. The molecule has 0 saturated carbocycles. The molecule has 0 atom stereocenters. The Hall–Kier alpha value is -1.83. The molecule has 0 spiro atoms. The highest BCUT2D eigenvalue weighted by Gasteiger charge is 2.39. The van der Waals surface area contributed by atoms with Gasteiger partial charge < -0.3 is 4.57 Å². The van der Waals surface area contributed by atoms with Crippen molar-refractivity contribution in [2.75, 3.05) is 0 Å². The molecule has 25 heavy (non-hydrogen) atoms. The van der Waals surface area contributed by atoms with Crippen molar-refractivity contribution in [3.63, 3.8) is 0 Å². The van der Waals surface area contributed by atoms with Crippen molar-refractivity contribution in [2.24, 2.45) is 0 Å². The fourth-order valence-corrected chi connectivity index (χ4v) is 2.65. The van der Waals surface area contributed by atoms with Gasteiger partial charge in [0.25, 0.3) is 0 Å². The Balaban J connectivity index is 2.12. The molecule has 0 N–H and O–H groups in total. The first-order valence-electron chi connectivity index (χ1n) is 6.81. The van der Waals surface area contributed by atoms with Gasteiger partial charge in [0.1, 0.15) is 16.8 Å². The van der Waals surface area contributed by atoms with Gasteiger partial charge in [0.2, 0.25) is 0 Å². The minimum atomic E-state index is -4.69. The van der Waals surface area contributed by atoms with E-state index in [0.717, 1.165) is 0 Å². The van der Waals surface area contributed by atoms with Crippen LogP contribution in [-0.4, -0.2) is 19.5 Å². The summed E-state index contributed by atoms with van der Waals surface area (Å²) in [6.07, 6.45) is -1.99. The molecule has 0 aliphatic heterocycles. The summed E-state index contributed by atoms with van der Waals surface area (Å²) in [5, 5.41) is 0.218. The molecular formula is C15H8Cl3F3N4. The molecule has 3 rings (SSSR count). The van der Waals surface area contributed by atoms with Gasteiger partial charge in [-0.05, 0) is 24.3 Å². The van der Waals surface area contributed by atoms with Gasteiger partial charge in [-0.15, -0.1) is 0 Å². The summed E-state index contributed by atoms with van der Waals surface area (Å²) in [6, 6.07) is 6.21.